The number of hydrogen-bond donors (Lipinski definition) is 1. The maximum absolute atomic E-state index is 5.58. The fourth-order valence-electron chi connectivity index (χ4n) is 2.32. The number of anilines is 1. The summed E-state index contributed by atoms with van der Waals surface area (Å²) in [4.78, 5) is 2.37. The summed E-state index contributed by atoms with van der Waals surface area (Å²) in [6.07, 6.45) is 4.83. The first-order valence-corrected chi connectivity index (χ1v) is 5.84. The molecule has 2 rings (SSSR count). The Bertz CT molecular complexity index is 333. The number of fused-ring (bicyclic) bond motifs is 1. The molecule has 1 aromatic carbocycles. The number of aryl methyl sites for hydroxylation is 1. The second kappa shape index (κ2) is 4.67. The molecular weight excluding hydrogens is 184 g/mol. The fraction of sp³-hybridized carbons (Fsp3) is 0.538. The summed E-state index contributed by atoms with van der Waals surface area (Å²) >= 11 is 0. The van der Waals surface area contributed by atoms with E-state index in [9.17, 15) is 0 Å². The maximum atomic E-state index is 5.58. The summed E-state index contributed by atoms with van der Waals surface area (Å²) in [7, 11) is 2.19. The largest absolute Gasteiger partial charge is 0.374 e. The Morgan fingerprint density at radius 2 is 2.20 bits per heavy atom. The number of benzene rings is 1. The van der Waals surface area contributed by atoms with Crippen LogP contribution in [-0.4, -0.2) is 20.1 Å². The van der Waals surface area contributed by atoms with E-state index < -0.39 is 0 Å². The quantitative estimate of drug-likeness (QED) is 0.798. The maximum Gasteiger partial charge on any atom is 0.0396 e. The summed E-state index contributed by atoms with van der Waals surface area (Å²) < 4.78 is 0. The number of nitrogens with two attached hydrogens (primary N) is 1. The van der Waals surface area contributed by atoms with Crippen LogP contribution in [0.3, 0.4) is 0 Å². The highest BCUT2D eigenvalue weighted by Gasteiger charge is 2.11. The highest BCUT2D eigenvalue weighted by atomic mass is 15.1. The van der Waals surface area contributed by atoms with Gasteiger partial charge in [-0.1, -0.05) is 12.1 Å². The molecule has 0 aromatic heterocycles. The summed E-state index contributed by atoms with van der Waals surface area (Å²) in [5.74, 6) is 0. The van der Waals surface area contributed by atoms with Crippen molar-refractivity contribution in [3.8, 4) is 0 Å². The van der Waals surface area contributed by atoms with Gasteiger partial charge in [0.25, 0.3) is 0 Å². The van der Waals surface area contributed by atoms with Crippen molar-refractivity contribution >= 4 is 5.69 Å². The third kappa shape index (κ3) is 2.32. The van der Waals surface area contributed by atoms with Crippen LogP contribution in [-0.2, 0) is 12.8 Å². The van der Waals surface area contributed by atoms with Crippen LogP contribution >= 0.6 is 0 Å². The molecule has 15 heavy (non-hydrogen) atoms. The van der Waals surface area contributed by atoms with E-state index in [0.29, 0.717) is 0 Å². The highest BCUT2D eigenvalue weighted by molar-refractivity contribution is 5.55. The van der Waals surface area contributed by atoms with E-state index in [4.69, 9.17) is 5.73 Å². The Morgan fingerprint density at radius 3 is 3.00 bits per heavy atom. The summed E-state index contributed by atoms with van der Waals surface area (Å²) in [6, 6.07) is 6.81. The van der Waals surface area contributed by atoms with E-state index >= 15 is 0 Å². The SMILES string of the molecule is CN1CCCCc2cc(CCN)ccc21. The zero-order chi connectivity index (χ0) is 10.7. The lowest BCUT2D eigenvalue weighted by atomic mass is 10.0. The zero-order valence-corrected chi connectivity index (χ0v) is 9.50. The third-order valence-electron chi connectivity index (χ3n) is 3.18. The second-order valence-electron chi connectivity index (χ2n) is 4.38. The first-order valence-electron chi connectivity index (χ1n) is 5.84. The Morgan fingerprint density at radius 1 is 1.33 bits per heavy atom. The lowest BCUT2D eigenvalue weighted by Crippen LogP contribution is -2.17. The molecular formula is C13H20N2. The Kier molecular flexibility index (Phi) is 3.27. The van der Waals surface area contributed by atoms with Crippen LogP contribution in [0.4, 0.5) is 5.69 Å². The Balaban J connectivity index is 2.29. The Hall–Kier alpha value is -1.02. The minimum Gasteiger partial charge on any atom is -0.374 e. The lowest BCUT2D eigenvalue weighted by Gasteiger charge is -2.19. The van der Waals surface area contributed by atoms with Gasteiger partial charge in [-0.15, -0.1) is 0 Å². The van der Waals surface area contributed by atoms with Gasteiger partial charge in [0.1, 0.15) is 0 Å². The molecule has 0 saturated heterocycles. The summed E-state index contributed by atoms with van der Waals surface area (Å²) in [6.45, 7) is 1.93. The standard InChI is InChI=1S/C13H20N2/c1-15-9-3-2-4-12-10-11(7-8-14)5-6-13(12)15/h5-6,10H,2-4,7-9,14H2,1H3. The molecule has 1 aliphatic rings. The van der Waals surface area contributed by atoms with Crippen LogP contribution in [0.15, 0.2) is 18.2 Å². The number of hydrogen-bond acceptors (Lipinski definition) is 2. The van der Waals surface area contributed by atoms with Gasteiger partial charge >= 0.3 is 0 Å². The zero-order valence-electron chi connectivity index (χ0n) is 9.50. The fourth-order valence-corrected chi connectivity index (χ4v) is 2.32. The van der Waals surface area contributed by atoms with Gasteiger partial charge in [0, 0.05) is 19.3 Å². The first kappa shape index (κ1) is 10.5. The van der Waals surface area contributed by atoms with Crippen molar-refractivity contribution in [1.82, 2.24) is 0 Å². The van der Waals surface area contributed by atoms with Gasteiger partial charge < -0.3 is 10.6 Å². The van der Waals surface area contributed by atoms with Gasteiger partial charge in [-0.2, -0.15) is 0 Å². The molecule has 82 valence electrons. The van der Waals surface area contributed by atoms with Crippen molar-refractivity contribution in [3.05, 3.63) is 29.3 Å². The minimum atomic E-state index is 0.745. The van der Waals surface area contributed by atoms with Crippen LogP contribution in [0.25, 0.3) is 0 Å². The van der Waals surface area contributed by atoms with Crippen molar-refractivity contribution in [1.29, 1.82) is 0 Å². The topological polar surface area (TPSA) is 29.3 Å². The van der Waals surface area contributed by atoms with Crippen molar-refractivity contribution in [2.45, 2.75) is 25.7 Å². The minimum absolute atomic E-state index is 0.745. The smallest absolute Gasteiger partial charge is 0.0396 e. The van der Waals surface area contributed by atoms with E-state index in [-0.39, 0.29) is 0 Å². The average molecular weight is 204 g/mol. The molecule has 0 fully saturated rings. The van der Waals surface area contributed by atoms with Crippen molar-refractivity contribution < 1.29 is 0 Å². The van der Waals surface area contributed by atoms with Crippen LogP contribution < -0.4 is 10.6 Å². The number of nitrogens with zero attached hydrogens (tertiary/aromatic N) is 1. The molecule has 2 heteroatoms. The molecule has 0 atom stereocenters. The van der Waals surface area contributed by atoms with Gasteiger partial charge in [0.05, 0.1) is 0 Å². The average Bonchev–Trinajstić information content (AvgIpc) is 2.41. The first-order chi connectivity index (χ1) is 7.31. The monoisotopic (exact) mass is 204 g/mol. The molecule has 2 nitrogen and oxygen atoms in total. The van der Waals surface area contributed by atoms with Crippen LogP contribution in [0.1, 0.15) is 24.0 Å². The van der Waals surface area contributed by atoms with Crippen molar-refractivity contribution in [3.63, 3.8) is 0 Å². The van der Waals surface area contributed by atoms with Crippen molar-refractivity contribution in [2.24, 2.45) is 5.73 Å². The molecule has 2 N–H and O–H groups in total. The summed E-state index contributed by atoms with van der Waals surface area (Å²) in [5.41, 5.74) is 9.88. The highest BCUT2D eigenvalue weighted by Crippen LogP contribution is 2.26. The van der Waals surface area contributed by atoms with Gasteiger partial charge in [-0.3, -0.25) is 0 Å². The molecule has 0 aliphatic carbocycles. The molecule has 1 heterocycles. The van der Waals surface area contributed by atoms with Gasteiger partial charge in [-0.25, -0.2) is 0 Å². The van der Waals surface area contributed by atoms with E-state index in [1.807, 2.05) is 0 Å². The van der Waals surface area contributed by atoms with E-state index in [1.54, 1.807) is 0 Å². The van der Waals surface area contributed by atoms with Gasteiger partial charge in [0.2, 0.25) is 0 Å². The predicted octanol–water partition coefficient (Wildman–Crippen LogP) is 1.96. The second-order valence-corrected chi connectivity index (χ2v) is 4.38. The van der Waals surface area contributed by atoms with Crippen molar-refractivity contribution in [2.75, 3.05) is 25.0 Å². The van der Waals surface area contributed by atoms with E-state index in [0.717, 1.165) is 13.0 Å². The predicted molar refractivity (Wildman–Crippen MR) is 65.4 cm³/mol. The molecule has 0 saturated carbocycles. The number of rotatable bonds is 2. The van der Waals surface area contributed by atoms with Gasteiger partial charge in [-0.05, 0) is 49.4 Å². The van der Waals surface area contributed by atoms with Crippen LogP contribution in [0, 0.1) is 0 Å². The molecule has 1 aromatic rings. The van der Waals surface area contributed by atoms with Crippen LogP contribution in [0.2, 0.25) is 0 Å². The molecule has 0 bridgehead atoms. The third-order valence-corrected chi connectivity index (χ3v) is 3.18. The van der Waals surface area contributed by atoms with E-state index in [2.05, 4.69) is 30.1 Å². The molecule has 0 radical (unpaired) electrons. The lowest BCUT2D eigenvalue weighted by molar-refractivity contribution is 0.749. The van der Waals surface area contributed by atoms with Gasteiger partial charge in [0.15, 0.2) is 0 Å². The Labute approximate surface area is 92.1 Å². The molecule has 0 unspecified atom stereocenters. The normalized spacial score (nSPS) is 16.0. The summed E-state index contributed by atoms with van der Waals surface area (Å²) in [5, 5.41) is 0. The molecule has 1 aliphatic heterocycles. The van der Waals surface area contributed by atoms with Crippen LogP contribution in [0.5, 0.6) is 0 Å². The molecule has 0 amide bonds. The van der Waals surface area contributed by atoms with E-state index in [1.165, 1.54) is 42.6 Å². The molecule has 0 spiro atoms.